The standard InChI is InChI=1S/C15H20N4O2/c20-14-6-7-16-15(21)19(14)12-17-8-10-18(11-9-17)13-4-2-1-3-5-13/h1-5H,6-12H2,(H,16,21). The first-order chi connectivity index (χ1) is 10.2. The van der Waals surface area contributed by atoms with E-state index in [9.17, 15) is 9.59 Å². The fourth-order valence-electron chi connectivity index (χ4n) is 2.75. The number of anilines is 1. The fourth-order valence-corrected chi connectivity index (χ4v) is 2.75. The number of hydrogen-bond acceptors (Lipinski definition) is 4. The summed E-state index contributed by atoms with van der Waals surface area (Å²) in [4.78, 5) is 29.3. The molecule has 112 valence electrons. The predicted octanol–water partition coefficient (Wildman–Crippen LogP) is 0.708. The molecule has 0 atom stereocenters. The van der Waals surface area contributed by atoms with Crippen LogP contribution in [0.2, 0.25) is 0 Å². The second-order valence-electron chi connectivity index (χ2n) is 5.39. The number of para-hydroxylation sites is 1. The number of carbonyl (C=O) groups is 2. The van der Waals surface area contributed by atoms with Gasteiger partial charge in [0.15, 0.2) is 0 Å². The molecule has 2 fully saturated rings. The topological polar surface area (TPSA) is 55.9 Å². The van der Waals surface area contributed by atoms with Gasteiger partial charge in [0.25, 0.3) is 0 Å². The number of hydrogen-bond donors (Lipinski definition) is 1. The highest BCUT2D eigenvalue weighted by molar-refractivity contribution is 5.96. The van der Waals surface area contributed by atoms with Crippen molar-refractivity contribution in [3.63, 3.8) is 0 Å². The van der Waals surface area contributed by atoms with Crippen LogP contribution in [0.4, 0.5) is 10.5 Å². The van der Waals surface area contributed by atoms with Gasteiger partial charge >= 0.3 is 6.03 Å². The Bertz CT molecular complexity index is 496. The van der Waals surface area contributed by atoms with E-state index >= 15 is 0 Å². The van der Waals surface area contributed by atoms with Crippen molar-refractivity contribution >= 4 is 17.6 Å². The highest BCUT2D eigenvalue weighted by atomic mass is 16.2. The Labute approximate surface area is 124 Å². The van der Waals surface area contributed by atoms with Crippen LogP contribution in [-0.4, -0.2) is 61.1 Å². The summed E-state index contributed by atoms with van der Waals surface area (Å²) in [5.41, 5.74) is 1.23. The van der Waals surface area contributed by atoms with Crippen molar-refractivity contribution in [3.8, 4) is 0 Å². The van der Waals surface area contributed by atoms with Gasteiger partial charge in [-0.15, -0.1) is 0 Å². The molecule has 0 aromatic heterocycles. The highest BCUT2D eigenvalue weighted by Crippen LogP contribution is 2.16. The smallest absolute Gasteiger partial charge is 0.325 e. The molecule has 3 rings (SSSR count). The molecule has 3 amide bonds. The molecule has 21 heavy (non-hydrogen) atoms. The average molecular weight is 288 g/mol. The third-order valence-electron chi connectivity index (χ3n) is 4.00. The molecule has 0 radical (unpaired) electrons. The van der Waals surface area contributed by atoms with E-state index in [0.29, 0.717) is 19.6 Å². The van der Waals surface area contributed by atoms with Gasteiger partial charge in [-0.3, -0.25) is 14.6 Å². The Morgan fingerprint density at radius 2 is 1.71 bits per heavy atom. The van der Waals surface area contributed by atoms with Gasteiger partial charge in [-0.25, -0.2) is 4.79 Å². The van der Waals surface area contributed by atoms with Gasteiger partial charge in [-0.1, -0.05) is 18.2 Å². The van der Waals surface area contributed by atoms with Gasteiger partial charge in [-0.05, 0) is 12.1 Å². The van der Waals surface area contributed by atoms with Gasteiger partial charge in [0.05, 0.1) is 6.67 Å². The predicted molar refractivity (Wildman–Crippen MR) is 80.0 cm³/mol. The number of urea groups is 1. The Morgan fingerprint density at radius 1 is 1.00 bits per heavy atom. The Balaban J connectivity index is 1.54. The second-order valence-corrected chi connectivity index (χ2v) is 5.39. The lowest BCUT2D eigenvalue weighted by Crippen LogP contribution is -2.56. The third-order valence-corrected chi connectivity index (χ3v) is 4.00. The molecule has 2 heterocycles. The van der Waals surface area contributed by atoms with Gasteiger partial charge in [0, 0.05) is 44.8 Å². The number of benzene rings is 1. The molecule has 0 saturated carbocycles. The van der Waals surface area contributed by atoms with Crippen LogP contribution < -0.4 is 10.2 Å². The summed E-state index contributed by atoms with van der Waals surface area (Å²) in [5, 5.41) is 2.72. The van der Waals surface area contributed by atoms with Crippen LogP contribution in [0.1, 0.15) is 6.42 Å². The van der Waals surface area contributed by atoms with Gasteiger partial charge in [0.1, 0.15) is 0 Å². The summed E-state index contributed by atoms with van der Waals surface area (Å²) in [5.74, 6) is -0.0794. The normalized spacial score (nSPS) is 20.6. The van der Waals surface area contributed by atoms with E-state index in [1.807, 2.05) is 18.2 Å². The molecule has 6 heteroatoms. The number of carbonyl (C=O) groups excluding carboxylic acids is 2. The summed E-state index contributed by atoms with van der Waals surface area (Å²) in [6.07, 6.45) is 0.399. The number of imide groups is 1. The summed E-state index contributed by atoms with van der Waals surface area (Å²) >= 11 is 0. The van der Waals surface area contributed by atoms with Crippen molar-refractivity contribution in [1.82, 2.24) is 15.1 Å². The quantitative estimate of drug-likeness (QED) is 0.890. The van der Waals surface area contributed by atoms with Crippen LogP contribution in [-0.2, 0) is 4.79 Å². The van der Waals surface area contributed by atoms with Crippen LogP contribution >= 0.6 is 0 Å². The van der Waals surface area contributed by atoms with E-state index in [1.54, 1.807) is 0 Å². The van der Waals surface area contributed by atoms with E-state index in [2.05, 4.69) is 27.2 Å². The van der Waals surface area contributed by atoms with Crippen LogP contribution in [0.15, 0.2) is 30.3 Å². The van der Waals surface area contributed by atoms with Crippen LogP contribution in [0, 0.1) is 0 Å². The zero-order valence-electron chi connectivity index (χ0n) is 12.0. The molecule has 2 aliphatic heterocycles. The van der Waals surface area contributed by atoms with E-state index < -0.39 is 0 Å². The third kappa shape index (κ3) is 3.16. The molecular formula is C15H20N4O2. The van der Waals surface area contributed by atoms with Crippen molar-refractivity contribution in [2.24, 2.45) is 0 Å². The molecule has 6 nitrogen and oxygen atoms in total. The molecule has 0 bridgehead atoms. The van der Waals surface area contributed by atoms with Crippen molar-refractivity contribution in [1.29, 1.82) is 0 Å². The minimum Gasteiger partial charge on any atom is -0.369 e. The minimum absolute atomic E-state index is 0.0794. The van der Waals surface area contributed by atoms with E-state index in [4.69, 9.17) is 0 Å². The first-order valence-electron chi connectivity index (χ1n) is 7.34. The van der Waals surface area contributed by atoms with Crippen LogP contribution in [0.25, 0.3) is 0 Å². The van der Waals surface area contributed by atoms with Crippen LogP contribution in [0.3, 0.4) is 0 Å². The van der Waals surface area contributed by atoms with E-state index in [1.165, 1.54) is 10.6 Å². The molecule has 1 aromatic rings. The maximum atomic E-state index is 11.8. The minimum atomic E-state index is -0.267. The summed E-state index contributed by atoms with van der Waals surface area (Å²) in [6, 6.07) is 10.0. The first kappa shape index (κ1) is 13.9. The Hall–Kier alpha value is -2.08. The molecule has 1 aromatic carbocycles. The molecule has 0 aliphatic carbocycles. The van der Waals surface area contributed by atoms with Crippen molar-refractivity contribution < 1.29 is 9.59 Å². The second kappa shape index (κ2) is 6.13. The number of nitrogens with one attached hydrogen (secondary N) is 1. The Morgan fingerprint density at radius 3 is 2.38 bits per heavy atom. The monoisotopic (exact) mass is 288 g/mol. The number of amides is 3. The lowest BCUT2D eigenvalue weighted by molar-refractivity contribution is -0.131. The fraction of sp³-hybridized carbons (Fsp3) is 0.467. The summed E-state index contributed by atoms with van der Waals surface area (Å²) in [6.45, 7) is 4.38. The molecule has 2 aliphatic rings. The number of piperazine rings is 1. The summed E-state index contributed by atoms with van der Waals surface area (Å²) in [7, 11) is 0. The molecular weight excluding hydrogens is 268 g/mol. The largest absolute Gasteiger partial charge is 0.369 e. The van der Waals surface area contributed by atoms with Crippen molar-refractivity contribution in [3.05, 3.63) is 30.3 Å². The molecule has 0 unspecified atom stereocenters. The maximum Gasteiger partial charge on any atom is 0.325 e. The summed E-state index contributed by atoms with van der Waals surface area (Å²) < 4.78 is 0. The first-order valence-corrected chi connectivity index (χ1v) is 7.34. The number of nitrogens with zero attached hydrogens (tertiary/aromatic N) is 3. The lowest BCUT2D eigenvalue weighted by atomic mass is 10.2. The van der Waals surface area contributed by atoms with Crippen molar-refractivity contribution in [2.45, 2.75) is 6.42 Å². The Kier molecular flexibility index (Phi) is 4.06. The highest BCUT2D eigenvalue weighted by Gasteiger charge is 2.28. The van der Waals surface area contributed by atoms with E-state index in [0.717, 1.165) is 26.2 Å². The number of rotatable bonds is 3. The SMILES string of the molecule is O=C1CCNC(=O)N1CN1CCN(c2ccccc2)CC1. The van der Waals surface area contributed by atoms with Gasteiger partial charge < -0.3 is 10.2 Å². The van der Waals surface area contributed by atoms with Gasteiger partial charge in [0.2, 0.25) is 5.91 Å². The van der Waals surface area contributed by atoms with Gasteiger partial charge in [-0.2, -0.15) is 0 Å². The zero-order valence-corrected chi connectivity index (χ0v) is 12.0. The molecule has 1 N–H and O–H groups in total. The molecule has 0 spiro atoms. The van der Waals surface area contributed by atoms with Crippen LogP contribution in [0.5, 0.6) is 0 Å². The maximum absolute atomic E-state index is 11.8. The lowest BCUT2D eigenvalue weighted by Gasteiger charge is -2.38. The zero-order chi connectivity index (χ0) is 14.7. The molecule has 2 saturated heterocycles. The average Bonchev–Trinajstić information content (AvgIpc) is 2.53. The van der Waals surface area contributed by atoms with Crippen molar-refractivity contribution in [2.75, 3.05) is 44.3 Å². The van der Waals surface area contributed by atoms with E-state index in [-0.39, 0.29) is 11.9 Å².